The second-order valence-corrected chi connectivity index (χ2v) is 10.6. The number of nitrogens with two attached hydrogens (primary N) is 1. The number of phenolic OH excluding ortho intramolecular Hbond substituents is 1. The highest BCUT2D eigenvalue weighted by molar-refractivity contribution is 6.14. The van der Waals surface area contributed by atoms with E-state index < -0.39 is 47.3 Å². The Hall–Kier alpha value is -4.02. The lowest BCUT2D eigenvalue weighted by molar-refractivity contribution is -0.118. The fourth-order valence-electron chi connectivity index (χ4n) is 6.61. The van der Waals surface area contributed by atoms with Crippen molar-refractivity contribution >= 4 is 11.7 Å². The number of carbonyl (C=O) groups excluding carboxylic acids is 2. The predicted molar refractivity (Wildman–Crippen MR) is 142 cm³/mol. The Bertz CT molecular complexity index is 1460. The minimum absolute atomic E-state index is 0.00553. The number of fused-ring (bicyclic) bond motifs is 3. The number of amides is 1. The number of aromatic hydroxyl groups is 1. The van der Waals surface area contributed by atoms with E-state index in [-0.39, 0.29) is 41.1 Å². The molecule has 4 atom stereocenters. The molecule has 0 radical (unpaired) electrons. The number of rotatable bonds is 5. The summed E-state index contributed by atoms with van der Waals surface area (Å²) in [7, 11) is 6.46. The van der Waals surface area contributed by atoms with Gasteiger partial charge in [-0.05, 0) is 68.2 Å². The first-order valence-corrected chi connectivity index (χ1v) is 12.6. The van der Waals surface area contributed by atoms with Gasteiger partial charge in [-0.3, -0.25) is 14.5 Å². The van der Waals surface area contributed by atoms with Gasteiger partial charge in [-0.25, -0.2) is 0 Å². The number of nitrogens with zero attached hydrogens (tertiary/aromatic N) is 1. The molecule has 10 nitrogen and oxygen atoms in total. The second-order valence-electron chi connectivity index (χ2n) is 10.6. The van der Waals surface area contributed by atoms with Crippen LogP contribution in [0.5, 0.6) is 17.2 Å². The summed E-state index contributed by atoms with van der Waals surface area (Å²) in [6.45, 7) is 0. The summed E-state index contributed by atoms with van der Waals surface area (Å²) < 4.78 is 11.0. The molecule has 5 rings (SSSR count). The van der Waals surface area contributed by atoms with Crippen molar-refractivity contribution in [2.24, 2.45) is 17.6 Å². The summed E-state index contributed by atoms with van der Waals surface area (Å²) in [6.07, 6.45) is 0.0627. The molecule has 1 amide bonds. The highest BCUT2D eigenvalue weighted by Crippen LogP contribution is 2.54. The highest BCUT2D eigenvalue weighted by atomic mass is 16.5. The third-order valence-corrected chi connectivity index (χ3v) is 8.41. The van der Waals surface area contributed by atoms with Crippen molar-refractivity contribution in [3.63, 3.8) is 0 Å². The number of methoxy groups -OCH3 is 2. The van der Waals surface area contributed by atoms with Crippen molar-refractivity contribution in [2.75, 3.05) is 28.3 Å². The Kier molecular flexibility index (Phi) is 6.35. The average Bonchev–Trinajstić information content (AvgIpc) is 2.89. The molecule has 10 heteroatoms. The Morgan fingerprint density at radius 3 is 2.41 bits per heavy atom. The SMILES string of the molecule is COc1ccc(OC)c(-c2ccc(O)c3c2CC2CC4C(N(C)C)C(O)=C(C(N)=O)CC4(O)C(O)=C2C3=O)c1. The van der Waals surface area contributed by atoms with E-state index in [1.165, 1.54) is 13.2 Å². The van der Waals surface area contributed by atoms with Gasteiger partial charge < -0.3 is 35.6 Å². The van der Waals surface area contributed by atoms with E-state index in [1.54, 1.807) is 50.4 Å². The van der Waals surface area contributed by atoms with Gasteiger partial charge in [-0.2, -0.15) is 0 Å². The number of Topliss-reactive ketones (excluding diaryl/α,β-unsaturated/α-hetero) is 1. The molecular formula is C29H32N2O8. The Morgan fingerprint density at radius 2 is 1.79 bits per heavy atom. The van der Waals surface area contributed by atoms with Gasteiger partial charge in [0, 0.05) is 23.5 Å². The van der Waals surface area contributed by atoms with E-state index in [9.17, 15) is 30.0 Å². The zero-order chi connectivity index (χ0) is 28.4. The fraction of sp³-hybridized carbons (Fsp3) is 0.379. The molecule has 0 bridgehead atoms. The lowest BCUT2D eigenvalue weighted by atomic mass is 9.59. The van der Waals surface area contributed by atoms with E-state index >= 15 is 0 Å². The zero-order valence-corrected chi connectivity index (χ0v) is 22.2. The van der Waals surface area contributed by atoms with Gasteiger partial charge >= 0.3 is 0 Å². The molecule has 0 aliphatic heterocycles. The van der Waals surface area contributed by atoms with Crippen LogP contribution in [0.15, 0.2) is 53.0 Å². The number of carbonyl (C=O) groups is 2. The Balaban J connectivity index is 1.70. The summed E-state index contributed by atoms with van der Waals surface area (Å²) >= 11 is 0. The van der Waals surface area contributed by atoms with Crippen molar-refractivity contribution in [1.82, 2.24) is 4.90 Å². The van der Waals surface area contributed by atoms with E-state index in [2.05, 4.69) is 0 Å². The molecular weight excluding hydrogens is 504 g/mol. The van der Waals surface area contributed by atoms with E-state index in [4.69, 9.17) is 15.2 Å². The average molecular weight is 537 g/mol. The molecule has 0 spiro atoms. The molecule has 0 fully saturated rings. The number of aliphatic hydroxyl groups is 3. The van der Waals surface area contributed by atoms with Gasteiger partial charge in [0.05, 0.1) is 31.4 Å². The molecule has 0 aromatic heterocycles. The van der Waals surface area contributed by atoms with E-state index in [0.717, 1.165) is 0 Å². The summed E-state index contributed by atoms with van der Waals surface area (Å²) in [5.74, 6) is -2.72. The maximum atomic E-state index is 13.9. The number of aliphatic hydroxyl groups excluding tert-OH is 2. The molecule has 4 unspecified atom stereocenters. The molecule has 0 saturated carbocycles. The van der Waals surface area contributed by atoms with E-state index in [1.807, 2.05) is 0 Å². The standard InChI is InChI=1S/C29H32N2O8/c1-31(2)24-19-10-13-9-17-15(16-11-14(38-3)5-8-21(16)39-4)6-7-20(32)23(17)26(34)22(13)27(35)29(19,37)12-18(25(24)33)28(30)36/h5-8,11,13,19,24,32-33,35,37H,9-10,12H2,1-4H3,(H2,30,36). The molecule has 2 aromatic carbocycles. The quantitative estimate of drug-likeness (QED) is 0.387. The topological polar surface area (TPSA) is 163 Å². The van der Waals surface area contributed by atoms with Crippen LogP contribution in [0, 0.1) is 11.8 Å². The lowest BCUT2D eigenvalue weighted by Gasteiger charge is -2.51. The van der Waals surface area contributed by atoms with Gasteiger partial charge in [0.25, 0.3) is 0 Å². The van der Waals surface area contributed by atoms with Crippen LogP contribution in [-0.2, 0) is 11.2 Å². The molecule has 39 heavy (non-hydrogen) atoms. The number of primary amides is 1. The number of phenols is 1. The number of hydrogen-bond donors (Lipinski definition) is 5. The first-order chi connectivity index (χ1) is 18.4. The summed E-state index contributed by atoms with van der Waals surface area (Å²) in [5, 5.41) is 45.1. The number of hydrogen-bond acceptors (Lipinski definition) is 9. The van der Waals surface area contributed by atoms with Gasteiger partial charge in [0.15, 0.2) is 5.78 Å². The molecule has 2 aromatic rings. The number of ketones is 1. The van der Waals surface area contributed by atoms with Crippen LogP contribution in [0.4, 0.5) is 0 Å². The van der Waals surface area contributed by atoms with Crippen LogP contribution >= 0.6 is 0 Å². The summed E-state index contributed by atoms with van der Waals surface area (Å²) in [6, 6.07) is 7.60. The predicted octanol–water partition coefficient (Wildman–Crippen LogP) is 2.63. The van der Waals surface area contributed by atoms with Crippen molar-refractivity contribution in [2.45, 2.75) is 30.9 Å². The molecule has 3 aliphatic rings. The summed E-state index contributed by atoms with van der Waals surface area (Å²) in [4.78, 5) is 27.7. The minimum atomic E-state index is -2.01. The minimum Gasteiger partial charge on any atom is -0.510 e. The first-order valence-electron chi connectivity index (χ1n) is 12.6. The lowest BCUT2D eigenvalue weighted by Crippen LogP contribution is -2.59. The fourth-order valence-corrected chi connectivity index (χ4v) is 6.61. The van der Waals surface area contributed by atoms with Crippen LogP contribution < -0.4 is 15.2 Å². The van der Waals surface area contributed by atoms with Crippen LogP contribution in [0.3, 0.4) is 0 Å². The van der Waals surface area contributed by atoms with Crippen molar-refractivity contribution in [3.05, 3.63) is 64.1 Å². The largest absolute Gasteiger partial charge is 0.510 e. The maximum Gasteiger partial charge on any atom is 0.248 e. The first kappa shape index (κ1) is 26.6. The van der Waals surface area contributed by atoms with Gasteiger partial charge in [-0.1, -0.05) is 6.07 Å². The normalized spacial score (nSPS) is 26.2. The number of allylic oxidation sites excluding steroid dienone is 1. The smallest absolute Gasteiger partial charge is 0.248 e. The Morgan fingerprint density at radius 1 is 1.08 bits per heavy atom. The van der Waals surface area contributed by atoms with Crippen LogP contribution in [0.1, 0.15) is 28.8 Å². The number of ether oxygens (including phenoxy) is 2. The zero-order valence-electron chi connectivity index (χ0n) is 22.2. The molecule has 3 aliphatic carbocycles. The van der Waals surface area contributed by atoms with Gasteiger partial charge in [0.2, 0.25) is 5.91 Å². The monoisotopic (exact) mass is 536 g/mol. The number of benzene rings is 2. The maximum absolute atomic E-state index is 13.9. The van der Waals surface area contributed by atoms with Gasteiger partial charge in [-0.15, -0.1) is 0 Å². The highest BCUT2D eigenvalue weighted by Gasteiger charge is 2.58. The van der Waals surface area contributed by atoms with Crippen LogP contribution in [0.25, 0.3) is 11.1 Å². The number of likely N-dealkylation sites (N-methyl/N-ethyl adjacent to an activating group) is 1. The van der Waals surface area contributed by atoms with E-state index in [0.29, 0.717) is 28.2 Å². The van der Waals surface area contributed by atoms with Crippen molar-refractivity contribution in [3.8, 4) is 28.4 Å². The van der Waals surface area contributed by atoms with Crippen LogP contribution in [-0.4, -0.2) is 77.0 Å². The van der Waals surface area contributed by atoms with Crippen LogP contribution in [0.2, 0.25) is 0 Å². The van der Waals surface area contributed by atoms with Crippen molar-refractivity contribution < 1.29 is 39.5 Å². The molecule has 0 saturated heterocycles. The van der Waals surface area contributed by atoms with Crippen molar-refractivity contribution in [1.29, 1.82) is 0 Å². The Labute approximate surface area is 225 Å². The third kappa shape index (κ3) is 3.85. The van der Waals surface area contributed by atoms with Gasteiger partial charge in [0.1, 0.15) is 34.4 Å². The molecule has 0 heterocycles. The second kappa shape index (κ2) is 9.32. The summed E-state index contributed by atoms with van der Waals surface area (Å²) in [5.41, 5.74) is 5.23. The molecule has 6 N–H and O–H groups in total. The molecule has 206 valence electrons. The third-order valence-electron chi connectivity index (χ3n) is 8.41.